The van der Waals surface area contributed by atoms with Gasteiger partial charge in [0.2, 0.25) is 0 Å². The Hall–Kier alpha value is -2.10. The Morgan fingerprint density at radius 3 is 2.59 bits per heavy atom. The topological polar surface area (TPSA) is 56.5 Å². The van der Waals surface area contributed by atoms with Gasteiger partial charge in [-0.3, -0.25) is 9.59 Å². The molecule has 88 valence electrons. The molecular formula is C13H12O4. The van der Waals surface area contributed by atoms with E-state index < -0.39 is 0 Å². The number of methoxy groups -OCH3 is 1. The normalized spacial score (nSPS) is 10.5. The molecule has 2 aromatic rings. The van der Waals surface area contributed by atoms with Crippen molar-refractivity contribution in [1.82, 2.24) is 0 Å². The van der Waals surface area contributed by atoms with Crippen molar-refractivity contribution in [3.63, 3.8) is 0 Å². The summed E-state index contributed by atoms with van der Waals surface area (Å²) in [5.74, 6) is 0.915. The Labute approximate surface area is 97.8 Å². The molecule has 0 unspecified atom stereocenters. The van der Waals surface area contributed by atoms with Gasteiger partial charge in [0, 0.05) is 5.56 Å². The first kappa shape index (κ1) is 11.4. The molecule has 0 N–H and O–H groups in total. The van der Waals surface area contributed by atoms with Gasteiger partial charge < -0.3 is 9.15 Å². The Kier molecular flexibility index (Phi) is 2.71. The molecule has 17 heavy (non-hydrogen) atoms. The third kappa shape index (κ3) is 1.62. The van der Waals surface area contributed by atoms with Crippen LogP contribution in [0.4, 0.5) is 0 Å². The Balaban J connectivity index is 3.01. The predicted octanol–water partition coefficient (Wildman–Crippen LogP) is 2.23. The van der Waals surface area contributed by atoms with Gasteiger partial charge in [0.1, 0.15) is 11.5 Å². The van der Waals surface area contributed by atoms with Crippen molar-refractivity contribution in [2.24, 2.45) is 0 Å². The first-order chi connectivity index (χ1) is 8.10. The van der Waals surface area contributed by atoms with Crippen LogP contribution < -0.4 is 10.2 Å². The SMILES string of the molecule is COc1ccc2c(=O)c(C)c(C)oc2c1C=O. The van der Waals surface area contributed by atoms with Crippen molar-refractivity contribution in [2.75, 3.05) is 7.11 Å². The smallest absolute Gasteiger partial charge is 0.195 e. The zero-order valence-electron chi connectivity index (χ0n) is 9.87. The summed E-state index contributed by atoms with van der Waals surface area (Å²) in [6.07, 6.45) is 0.638. The Morgan fingerprint density at radius 1 is 1.29 bits per heavy atom. The van der Waals surface area contributed by atoms with Crippen LogP contribution in [0.3, 0.4) is 0 Å². The monoisotopic (exact) mass is 232 g/mol. The summed E-state index contributed by atoms with van der Waals surface area (Å²) in [7, 11) is 1.47. The summed E-state index contributed by atoms with van der Waals surface area (Å²) in [5, 5.41) is 0.399. The molecule has 4 heteroatoms. The summed E-state index contributed by atoms with van der Waals surface area (Å²) < 4.78 is 10.6. The standard InChI is InChI=1S/C13H12O4/c1-7-8(2)17-13-9(12(7)15)4-5-11(16-3)10(13)6-14/h4-6H,1-3H3. The Bertz CT molecular complexity index is 652. The lowest BCUT2D eigenvalue weighted by Gasteiger charge is -2.08. The fourth-order valence-corrected chi connectivity index (χ4v) is 1.75. The molecule has 1 heterocycles. The van der Waals surface area contributed by atoms with Gasteiger partial charge in [0.15, 0.2) is 17.3 Å². The molecule has 0 saturated heterocycles. The minimum absolute atomic E-state index is 0.116. The number of carbonyl (C=O) groups is 1. The molecular weight excluding hydrogens is 220 g/mol. The van der Waals surface area contributed by atoms with Gasteiger partial charge in [-0.2, -0.15) is 0 Å². The van der Waals surface area contributed by atoms with E-state index >= 15 is 0 Å². The highest BCUT2D eigenvalue weighted by molar-refractivity contribution is 5.97. The second-order valence-electron chi connectivity index (χ2n) is 3.79. The third-order valence-electron chi connectivity index (χ3n) is 2.86. The van der Waals surface area contributed by atoms with Crippen LogP contribution in [0.25, 0.3) is 11.0 Å². The van der Waals surface area contributed by atoms with E-state index in [1.807, 2.05) is 0 Å². The van der Waals surface area contributed by atoms with Gasteiger partial charge in [-0.15, -0.1) is 0 Å². The van der Waals surface area contributed by atoms with Crippen LogP contribution in [0.2, 0.25) is 0 Å². The third-order valence-corrected chi connectivity index (χ3v) is 2.86. The minimum Gasteiger partial charge on any atom is -0.496 e. The van der Waals surface area contributed by atoms with Crippen molar-refractivity contribution in [3.8, 4) is 5.75 Å². The number of aldehydes is 1. The second-order valence-corrected chi connectivity index (χ2v) is 3.79. The molecule has 4 nitrogen and oxygen atoms in total. The molecule has 0 radical (unpaired) electrons. The van der Waals surface area contributed by atoms with Gasteiger partial charge in [-0.1, -0.05) is 0 Å². The van der Waals surface area contributed by atoms with Gasteiger partial charge in [0.05, 0.1) is 18.1 Å². The highest BCUT2D eigenvalue weighted by atomic mass is 16.5. The second kappa shape index (κ2) is 4.05. The molecule has 0 saturated carbocycles. The molecule has 0 amide bonds. The van der Waals surface area contributed by atoms with Gasteiger partial charge in [-0.25, -0.2) is 0 Å². The van der Waals surface area contributed by atoms with E-state index in [9.17, 15) is 9.59 Å². The lowest BCUT2D eigenvalue weighted by Crippen LogP contribution is -2.08. The van der Waals surface area contributed by atoms with E-state index in [4.69, 9.17) is 9.15 Å². The number of ether oxygens (including phenoxy) is 1. The molecule has 0 aliphatic heterocycles. The van der Waals surface area contributed by atoms with Gasteiger partial charge in [0.25, 0.3) is 0 Å². The van der Waals surface area contributed by atoms with Crippen molar-refractivity contribution in [3.05, 3.63) is 39.2 Å². The molecule has 1 aromatic heterocycles. The first-order valence-electron chi connectivity index (χ1n) is 5.16. The van der Waals surface area contributed by atoms with E-state index in [0.717, 1.165) is 0 Å². The highest BCUT2D eigenvalue weighted by Crippen LogP contribution is 2.26. The molecule has 1 aromatic carbocycles. The van der Waals surface area contributed by atoms with E-state index in [-0.39, 0.29) is 16.6 Å². The predicted molar refractivity (Wildman–Crippen MR) is 63.9 cm³/mol. The van der Waals surface area contributed by atoms with Crippen molar-refractivity contribution in [2.45, 2.75) is 13.8 Å². The van der Waals surface area contributed by atoms with Crippen LogP contribution in [0.15, 0.2) is 21.3 Å². The highest BCUT2D eigenvalue weighted by Gasteiger charge is 2.14. The maximum Gasteiger partial charge on any atom is 0.195 e. The zero-order chi connectivity index (χ0) is 12.6. The van der Waals surface area contributed by atoms with Crippen molar-refractivity contribution in [1.29, 1.82) is 0 Å². The molecule has 0 atom stereocenters. The van der Waals surface area contributed by atoms with Crippen molar-refractivity contribution >= 4 is 17.3 Å². The van der Waals surface area contributed by atoms with Gasteiger partial charge >= 0.3 is 0 Å². The van der Waals surface area contributed by atoms with E-state index in [1.54, 1.807) is 26.0 Å². The molecule has 0 spiro atoms. The maximum atomic E-state index is 12.0. The summed E-state index contributed by atoms with van der Waals surface area (Å²) in [5.41, 5.74) is 0.992. The van der Waals surface area contributed by atoms with Crippen LogP contribution >= 0.6 is 0 Å². The largest absolute Gasteiger partial charge is 0.496 e. The van der Waals surface area contributed by atoms with Crippen LogP contribution in [-0.2, 0) is 0 Å². The van der Waals surface area contributed by atoms with E-state index in [2.05, 4.69) is 0 Å². The van der Waals surface area contributed by atoms with Crippen molar-refractivity contribution < 1.29 is 13.9 Å². The van der Waals surface area contributed by atoms with E-state index in [0.29, 0.717) is 28.7 Å². The molecule has 0 bridgehead atoms. The molecule has 0 aliphatic carbocycles. The van der Waals surface area contributed by atoms with Crippen LogP contribution in [0.1, 0.15) is 21.7 Å². The summed E-state index contributed by atoms with van der Waals surface area (Å²) >= 11 is 0. The zero-order valence-corrected chi connectivity index (χ0v) is 9.87. The number of fused-ring (bicyclic) bond motifs is 1. The number of aryl methyl sites for hydroxylation is 1. The summed E-state index contributed by atoms with van der Waals surface area (Å²) in [6, 6.07) is 3.21. The molecule has 2 rings (SSSR count). The average molecular weight is 232 g/mol. The lowest BCUT2D eigenvalue weighted by molar-refractivity contribution is 0.112. The fourth-order valence-electron chi connectivity index (χ4n) is 1.75. The number of hydrogen-bond donors (Lipinski definition) is 0. The van der Waals surface area contributed by atoms with Crippen LogP contribution in [-0.4, -0.2) is 13.4 Å². The summed E-state index contributed by atoms with van der Waals surface area (Å²) in [4.78, 5) is 23.1. The quantitative estimate of drug-likeness (QED) is 0.745. The summed E-state index contributed by atoms with van der Waals surface area (Å²) in [6.45, 7) is 3.40. The van der Waals surface area contributed by atoms with Gasteiger partial charge in [-0.05, 0) is 26.0 Å². The number of benzene rings is 1. The van der Waals surface area contributed by atoms with Crippen LogP contribution in [0.5, 0.6) is 5.75 Å². The molecule has 0 aliphatic rings. The maximum absolute atomic E-state index is 12.0. The first-order valence-corrected chi connectivity index (χ1v) is 5.16. The number of carbonyl (C=O) groups excluding carboxylic acids is 1. The number of rotatable bonds is 2. The van der Waals surface area contributed by atoms with Crippen LogP contribution in [0, 0.1) is 13.8 Å². The Morgan fingerprint density at radius 2 is 2.00 bits per heavy atom. The van der Waals surface area contributed by atoms with E-state index in [1.165, 1.54) is 7.11 Å². The average Bonchev–Trinajstić information content (AvgIpc) is 2.34. The minimum atomic E-state index is -0.116. The molecule has 0 fully saturated rings. The number of hydrogen-bond acceptors (Lipinski definition) is 4. The lowest BCUT2D eigenvalue weighted by atomic mass is 10.1. The fraction of sp³-hybridized carbons (Fsp3) is 0.231.